The van der Waals surface area contributed by atoms with Gasteiger partial charge in [0.05, 0.1) is 12.8 Å². The molecule has 0 amide bonds. The number of carboxylic acid groups (broad SMARTS) is 1. The first-order valence-electron chi connectivity index (χ1n) is 3.86. The van der Waals surface area contributed by atoms with Crippen LogP contribution in [0, 0.1) is 0 Å². The van der Waals surface area contributed by atoms with Gasteiger partial charge < -0.3 is 10.2 Å². The second-order valence-corrected chi connectivity index (χ2v) is 3.72. The van der Waals surface area contributed by atoms with Crippen molar-refractivity contribution in [1.29, 1.82) is 0 Å². The summed E-state index contributed by atoms with van der Waals surface area (Å²) in [5, 5.41) is 17.5. The summed E-state index contributed by atoms with van der Waals surface area (Å²) in [4.78, 5) is 12.9. The number of nitrogens with one attached hydrogen (secondary N) is 1. The lowest BCUT2D eigenvalue weighted by atomic mass is 10.1. The Morgan fingerprint density at radius 1 is 1.25 bits per heavy atom. The highest BCUT2D eigenvalue weighted by molar-refractivity contribution is 5.75. The molecule has 12 heavy (non-hydrogen) atoms. The van der Waals surface area contributed by atoms with Crippen LogP contribution in [-0.2, 0) is 4.79 Å². The van der Waals surface area contributed by atoms with Gasteiger partial charge in [0.25, 0.3) is 0 Å². The Balaban J connectivity index is 3.95. The van der Waals surface area contributed by atoms with E-state index in [1.165, 1.54) is 0 Å². The van der Waals surface area contributed by atoms with Crippen molar-refractivity contribution in [2.45, 2.75) is 39.2 Å². The molecule has 0 saturated carbocycles. The summed E-state index contributed by atoms with van der Waals surface area (Å²) in [6, 6.07) is 0. The molecule has 0 bridgehead atoms. The van der Waals surface area contributed by atoms with Crippen LogP contribution in [0.2, 0.25) is 0 Å². The molecule has 4 nitrogen and oxygen atoms in total. The lowest BCUT2D eigenvalue weighted by Crippen LogP contribution is -2.84. The average Bonchev–Trinajstić information content (AvgIpc) is 1.79. The predicted octanol–water partition coefficient (Wildman–Crippen LogP) is -0.313. The van der Waals surface area contributed by atoms with Crippen LogP contribution in [0.3, 0.4) is 0 Å². The highest BCUT2D eigenvalue weighted by Gasteiger charge is 2.16. The molecule has 0 spiro atoms. The third-order valence-corrected chi connectivity index (χ3v) is 1.09. The van der Waals surface area contributed by atoms with Gasteiger partial charge in [-0.2, -0.15) is 0 Å². The van der Waals surface area contributed by atoms with Crippen LogP contribution in [-0.4, -0.2) is 27.6 Å². The van der Waals surface area contributed by atoms with Crippen LogP contribution in [0.25, 0.3) is 0 Å². The van der Waals surface area contributed by atoms with Crippen molar-refractivity contribution >= 4 is 11.9 Å². The molecule has 0 atom stereocenters. The van der Waals surface area contributed by atoms with Crippen LogP contribution in [0.1, 0.15) is 33.6 Å². The van der Waals surface area contributed by atoms with Gasteiger partial charge in [-0.1, -0.05) is 0 Å². The fourth-order valence-electron chi connectivity index (χ4n) is 0.721. The van der Waals surface area contributed by atoms with Gasteiger partial charge in [-0.25, -0.2) is 4.99 Å². The molecule has 0 aliphatic rings. The number of rotatable bonds is 3. The van der Waals surface area contributed by atoms with E-state index in [4.69, 9.17) is 5.11 Å². The van der Waals surface area contributed by atoms with Gasteiger partial charge in [0.2, 0.25) is 0 Å². The van der Waals surface area contributed by atoms with E-state index in [0.29, 0.717) is 0 Å². The number of carboxylic acids is 1. The minimum absolute atomic E-state index is 0.0323. The maximum atomic E-state index is 10.1. The molecule has 0 radical (unpaired) electrons. The Morgan fingerprint density at radius 2 is 1.75 bits per heavy atom. The average molecular weight is 174 g/mol. The van der Waals surface area contributed by atoms with Crippen molar-refractivity contribution in [3.05, 3.63) is 0 Å². The summed E-state index contributed by atoms with van der Waals surface area (Å²) in [6.45, 7) is 5.68. The van der Waals surface area contributed by atoms with E-state index in [-0.39, 0.29) is 24.3 Å². The van der Waals surface area contributed by atoms with E-state index < -0.39 is 5.97 Å². The van der Waals surface area contributed by atoms with Gasteiger partial charge in [0.1, 0.15) is 0 Å². The summed E-state index contributed by atoms with van der Waals surface area (Å²) >= 11 is 0. The van der Waals surface area contributed by atoms with Gasteiger partial charge in [-0.15, -0.1) is 0 Å². The van der Waals surface area contributed by atoms with Crippen molar-refractivity contribution < 1.29 is 20.0 Å². The van der Waals surface area contributed by atoms with Crippen LogP contribution in [0.4, 0.5) is 0 Å². The standard InChI is InChI=1S/C8H15NO3/c1-8(2,3)9-6(10)4-5-7(11)12/h4-5H2,1-3H3,(H,9,10)(H,11,12)/p+1. The fourth-order valence-corrected chi connectivity index (χ4v) is 0.721. The summed E-state index contributed by atoms with van der Waals surface area (Å²) in [7, 11) is 0. The monoisotopic (exact) mass is 174 g/mol. The van der Waals surface area contributed by atoms with Crippen LogP contribution in [0.15, 0.2) is 0 Å². The van der Waals surface area contributed by atoms with Crippen molar-refractivity contribution in [3.8, 4) is 0 Å². The van der Waals surface area contributed by atoms with E-state index in [1.54, 1.807) is 0 Å². The number of aliphatic hydroxyl groups is 1. The SMILES string of the molecule is CC(C)(C)[NH+]=C(O)CCC(=O)O. The van der Waals surface area contributed by atoms with Gasteiger partial charge in [0.15, 0.2) is 5.54 Å². The van der Waals surface area contributed by atoms with Crippen molar-refractivity contribution in [2.24, 2.45) is 0 Å². The number of aliphatic hydroxyl groups excluding tert-OH is 1. The molecule has 0 aromatic heterocycles. The van der Waals surface area contributed by atoms with Crippen LogP contribution >= 0.6 is 0 Å². The predicted molar refractivity (Wildman–Crippen MR) is 45.2 cm³/mol. The minimum atomic E-state index is -0.905. The molecule has 0 rings (SSSR count). The first-order valence-corrected chi connectivity index (χ1v) is 3.86. The van der Waals surface area contributed by atoms with Crippen LogP contribution in [0.5, 0.6) is 0 Å². The molecule has 0 unspecified atom stereocenters. The summed E-state index contributed by atoms with van der Waals surface area (Å²) < 4.78 is 0. The zero-order valence-corrected chi connectivity index (χ0v) is 7.72. The summed E-state index contributed by atoms with van der Waals surface area (Å²) in [5.74, 6) is -0.873. The van der Waals surface area contributed by atoms with E-state index in [1.807, 2.05) is 20.8 Å². The number of hydrogen-bond acceptors (Lipinski definition) is 1. The zero-order chi connectivity index (χ0) is 9.78. The molecule has 4 heteroatoms. The number of carbonyl (C=O) groups is 1. The van der Waals surface area contributed by atoms with Crippen molar-refractivity contribution in [1.82, 2.24) is 0 Å². The van der Waals surface area contributed by atoms with Crippen molar-refractivity contribution in [2.75, 3.05) is 0 Å². The molecule has 3 N–H and O–H groups in total. The molecule has 0 aliphatic carbocycles. The maximum absolute atomic E-state index is 10.1. The highest BCUT2D eigenvalue weighted by atomic mass is 16.4. The molecule has 0 saturated heterocycles. The van der Waals surface area contributed by atoms with E-state index in [2.05, 4.69) is 4.99 Å². The Morgan fingerprint density at radius 3 is 2.08 bits per heavy atom. The molecule has 0 fully saturated rings. The maximum Gasteiger partial charge on any atom is 0.333 e. The lowest BCUT2D eigenvalue weighted by molar-refractivity contribution is -0.547. The second kappa shape index (κ2) is 4.09. The third kappa shape index (κ3) is 7.05. The Kier molecular flexibility index (Phi) is 3.73. The molecule has 0 aromatic carbocycles. The lowest BCUT2D eigenvalue weighted by Gasteiger charge is -2.05. The normalized spacial score (nSPS) is 13.1. The Labute approximate surface area is 71.9 Å². The quantitative estimate of drug-likeness (QED) is 0.406. The van der Waals surface area contributed by atoms with Gasteiger partial charge in [-0.05, 0) is 20.8 Å². The topological polar surface area (TPSA) is 71.5 Å². The number of aliphatic carboxylic acids is 1. The minimum Gasteiger partial charge on any atom is -0.481 e. The fraction of sp³-hybridized carbons (Fsp3) is 0.750. The largest absolute Gasteiger partial charge is 0.481 e. The summed E-state index contributed by atoms with van der Waals surface area (Å²) in [6.07, 6.45) is 0.113. The summed E-state index contributed by atoms with van der Waals surface area (Å²) in [5.41, 5.74) is -0.220. The molecule has 70 valence electrons. The van der Waals surface area contributed by atoms with E-state index in [0.717, 1.165) is 0 Å². The van der Waals surface area contributed by atoms with Gasteiger partial charge in [-0.3, -0.25) is 4.79 Å². The van der Waals surface area contributed by atoms with Gasteiger partial charge in [0, 0.05) is 0 Å². The number of hydrogen-bond donors (Lipinski definition) is 3. The Bertz CT molecular complexity index is 191. The molecular formula is C8H16NO3+. The third-order valence-electron chi connectivity index (χ3n) is 1.09. The second-order valence-electron chi connectivity index (χ2n) is 3.72. The molecule has 0 aliphatic heterocycles. The molecule has 0 heterocycles. The molecular weight excluding hydrogens is 158 g/mol. The van der Waals surface area contributed by atoms with E-state index >= 15 is 0 Å². The first-order chi connectivity index (χ1) is 5.31. The molecule has 0 aromatic rings. The first kappa shape index (κ1) is 10.9. The van der Waals surface area contributed by atoms with E-state index in [9.17, 15) is 9.90 Å². The van der Waals surface area contributed by atoms with Gasteiger partial charge >= 0.3 is 11.9 Å². The van der Waals surface area contributed by atoms with Crippen molar-refractivity contribution in [3.63, 3.8) is 0 Å². The zero-order valence-electron chi connectivity index (χ0n) is 7.72. The highest BCUT2D eigenvalue weighted by Crippen LogP contribution is 1.89. The Hall–Kier alpha value is -1.06. The van der Waals surface area contributed by atoms with Crippen LogP contribution < -0.4 is 4.99 Å². The smallest absolute Gasteiger partial charge is 0.333 e.